The van der Waals surface area contributed by atoms with E-state index in [1.807, 2.05) is 18.6 Å². The van der Waals surface area contributed by atoms with Crippen LogP contribution in [0.3, 0.4) is 0 Å². The van der Waals surface area contributed by atoms with Crippen molar-refractivity contribution in [2.24, 2.45) is 11.3 Å². The number of aliphatic hydroxyl groups excluding tert-OH is 1. The van der Waals surface area contributed by atoms with Crippen LogP contribution < -0.4 is 4.74 Å². The predicted octanol–water partition coefficient (Wildman–Crippen LogP) is 2.18. The average Bonchev–Trinajstić information content (AvgIpc) is 3.33. The molecule has 2 atom stereocenters. The number of benzene rings is 1. The summed E-state index contributed by atoms with van der Waals surface area (Å²) >= 11 is 0. The topological polar surface area (TPSA) is 59.8 Å². The van der Waals surface area contributed by atoms with Crippen LogP contribution >= 0.6 is 0 Å². The zero-order valence-corrected chi connectivity index (χ0v) is 15.8. The molecule has 1 N–H and O–H groups in total. The van der Waals surface area contributed by atoms with Crippen molar-refractivity contribution in [1.82, 2.24) is 14.5 Å². The molecule has 146 valence electrons. The van der Waals surface area contributed by atoms with Gasteiger partial charge in [-0.2, -0.15) is 0 Å². The SMILES string of the molecule is OC[C@]12COCC[C@H]1CN(Cc1cccc(OCCCn3ccnc3)c1)C2. The molecule has 2 aliphatic heterocycles. The van der Waals surface area contributed by atoms with Gasteiger partial charge in [0.15, 0.2) is 0 Å². The van der Waals surface area contributed by atoms with Crippen molar-refractivity contribution >= 4 is 0 Å². The Morgan fingerprint density at radius 2 is 2.33 bits per heavy atom. The third-order valence-electron chi connectivity index (χ3n) is 5.89. The number of fused-ring (bicyclic) bond motifs is 1. The maximum absolute atomic E-state index is 9.94. The molecule has 0 spiro atoms. The van der Waals surface area contributed by atoms with Gasteiger partial charge in [-0.1, -0.05) is 12.1 Å². The zero-order chi connectivity index (χ0) is 18.5. The maximum atomic E-state index is 9.94. The molecule has 0 unspecified atom stereocenters. The molecule has 2 aromatic rings. The monoisotopic (exact) mass is 371 g/mol. The molecule has 0 amide bonds. The second-order valence-corrected chi connectivity index (χ2v) is 7.88. The molecule has 0 radical (unpaired) electrons. The van der Waals surface area contributed by atoms with Crippen molar-refractivity contribution < 1.29 is 14.6 Å². The molecule has 4 rings (SSSR count). The van der Waals surface area contributed by atoms with E-state index < -0.39 is 0 Å². The smallest absolute Gasteiger partial charge is 0.119 e. The van der Waals surface area contributed by atoms with E-state index in [2.05, 4.69) is 32.7 Å². The minimum absolute atomic E-state index is 0.0698. The number of aliphatic hydroxyl groups is 1. The predicted molar refractivity (Wildman–Crippen MR) is 103 cm³/mol. The normalized spacial score (nSPS) is 25.4. The fourth-order valence-electron chi connectivity index (χ4n) is 4.40. The molecule has 6 heteroatoms. The first-order chi connectivity index (χ1) is 13.3. The van der Waals surface area contributed by atoms with E-state index in [1.54, 1.807) is 6.20 Å². The summed E-state index contributed by atoms with van der Waals surface area (Å²) in [5.41, 5.74) is 1.19. The Morgan fingerprint density at radius 1 is 1.37 bits per heavy atom. The largest absolute Gasteiger partial charge is 0.494 e. The Labute approximate surface area is 160 Å². The minimum Gasteiger partial charge on any atom is -0.494 e. The maximum Gasteiger partial charge on any atom is 0.119 e. The molecule has 6 nitrogen and oxygen atoms in total. The zero-order valence-electron chi connectivity index (χ0n) is 15.8. The van der Waals surface area contributed by atoms with Crippen LogP contribution in [-0.4, -0.2) is 59.1 Å². The lowest BCUT2D eigenvalue weighted by atomic mass is 9.76. The van der Waals surface area contributed by atoms with Gasteiger partial charge in [-0.25, -0.2) is 4.98 Å². The number of nitrogens with zero attached hydrogens (tertiary/aromatic N) is 3. The number of rotatable bonds is 8. The molecule has 2 aliphatic rings. The Morgan fingerprint density at radius 3 is 3.15 bits per heavy atom. The quantitative estimate of drug-likeness (QED) is 0.721. The number of likely N-dealkylation sites (tertiary alicyclic amines) is 1. The lowest BCUT2D eigenvalue weighted by molar-refractivity contribution is -0.0561. The summed E-state index contributed by atoms with van der Waals surface area (Å²) in [4.78, 5) is 6.50. The summed E-state index contributed by atoms with van der Waals surface area (Å²) in [7, 11) is 0. The highest BCUT2D eigenvalue weighted by molar-refractivity contribution is 5.28. The summed E-state index contributed by atoms with van der Waals surface area (Å²) in [6, 6.07) is 8.38. The van der Waals surface area contributed by atoms with E-state index >= 15 is 0 Å². The van der Waals surface area contributed by atoms with E-state index in [-0.39, 0.29) is 12.0 Å². The molecule has 1 aromatic carbocycles. The van der Waals surface area contributed by atoms with Gasteiger partial charge in [-0.15, -0.1) is 0 Å². The third-order valence-corrected chi connectivity index (χ3v) is 5.89. The van der Waals surface area contributed by atoms with Crippen molar-refractivity contribution in [1.29, 1.82) is 0 Å². The molecule has 2 saturated heterocycles. The van der Waals surface area contributed by atoms with E-state index in [4.69, 9.17) is 9.47 Å². The van der Waals surface area contributed by atoms with Gasteiger partial charge >= 0.3 is 0 Å². The molecule has 0 bridgehead atoms. The minimum atomic E-state index is -0.0698. The molecule has 27 heavy (non-hydrogen) atoms. The number of hydrogen-bond donors (Lipinski definition) is 1. The van der Waals surface area contributed by atoms with E-state index in [9.17, 15) is 5.11 Å². The molecule has 0 saturated carbocycles. The van der Waals surface area contributed by atoms with Gasteiger partial charge < -0.3 is 19.1 Å². The Balaban J connectivity index is 1.29. The summed E-state index contributed by atoms with van der Waals surface area (Å²) in [5, 5.41) is 9.94. The summed E-state index contributed by atoms with van der Waals surface area (Å²) in [6.07, 6.45) is 7.60. The standard InChI is InChI=1S/C21H29N3O3/c25-15-21-14-24(13-19(21)5-10-26-16-21)12-18-3-1-4-20(11-18)27-9-2-7-23-8-6-22-17-23/h1,3-4,6,8,11,17,19,25H,2,5,7,9-10,12-16H2/t19-,21+/m0/s1. The molecule has 2 fully saturated rings. The summed E-state index contributed by atoms with van der Waals surface area (Å²) in [5.74, 6) is 1.47. The van der Waals surface area contributed by atoms with Crippen LogP contribution in [0.5, 0.6) is 5.75 Å². The first-order valence-corrected chi connectivity index (χ1v) is 9.86. The van der Waals surface area contributed by atoms with E-state index in [0.29, 0.717) is 19.1 Å². The lowest BCUT2D eigenvalue weighted by Gasteiger charge is -2.36. The lowest BCUT2D eigenvalue weighted by Crippen LogP contribution is -2.42. The first-order valence-electron chi connectivity index (χ1n) is 9.86. The Bertz CT molecular complexity index is 721. The van der Waals surface area contributed by atoms with Crippen LogP contribution in [0.15, 0.2) is 43.0 Å². The number of hydrogen-bond acceptors (Lipinski definition) is 5. The Hall–Kier alpha value is -1.89. The number of aryl methyl sites for hydroxylation is 1. The molecule has 0 aliphatic carbocycles. The number of aromatic nitrogens is 2. The van der Waals surface area contributed by atoms with Gasteiger partial charge in [0, 0.05) is 50.6 Å². The van der Waals surface area contributed by atoms with Gasteiger partial charge in [0.05, 0.1) is 26.1 Å². The highest BCUT2D eigenvalue weighted by Crippen LogP contribution is 2.41. The second-order valence-electron chi connectivity index (χ2n) is 7.88. The van der Waals surface area contributed by atoms with Gasteiger partial charge in [-0.05, 0) is 36.5 Å². The molecular weight excluding hydrogens is 342 g/mol. The van der Waals surface area contributed by atoms with Crippen molar-refractivity contribution in [3.63, 3.8) is 0 Å². The fraction of sp³-hybridized carbons (Fsp3) is 0.571. The van der Waals surface area contributed by atoms with Gasteiger partial charge in [-0.3, -0.25) is 4.90 Å². The number of ether oxygens (including phenoxy) is 2. The van der Waals surface area contributed by atoms with Gasteiger partial charge in [0.25, 0.3) is 0 Å². The first kappa shape index (κ1) is 18.5. The van der Waals surface area contributed by atoms with E-state index in [1.165, 1.54) is 5.56 Å². The van der Waals surface area contributed by atoms with Crippen molar-refractivity contribution in [3.05, 3.63) is 48.5 Å². The highest BCUT2D eigenvalue weighted by atomic mass is 16.5. The highest BCUT2D eigenvalue weighted by Gasteiger charge is 2.47. The number of imidazole rings is 1. The van der Waals surface area contributed by atoms with Crippen molar-refractivity contribution in [3.8, 4) is 5.75 Å². The van der Waals surface area contributed by atoms with Gasteiger partial charge in [0.2, 0.25) is 0 Å². The molecule has 1 aromatic heterocycles. The van der Waals surface area contributed by atoms with Crippen LogP contribution in [0, 0.1) is 11.3 Å². The average molecular weight is 371 g/mol. The molecular formula is C21H29N3O3. The Kier molecular flexibility index (Phi) is 5.76. The van der Waals surface area contributed by atoms with Crippen LogP contribution in [-0.2, 0) is 17.8 Å². The van der Waals surface area contributed by atoms with Crippen LogP contribution in [0.4, 0.5) is 0 Å². The molecule has 3 heterocycles. The van der Waals surface area contributed by atoms with Crippen LogP contribution in [0.1, 0.15) is 18.4 Å². The van der Waals surface area contributed by atoms with Crippen molar-refractivity contribution in [2.75, 3.05) is 39.5 Å². The second kappa shape index (κ2) is 8.42. The van der Waals surface area contributed by atoms with Crippen molar-refractivity contribution in [2.45, 2.75) is 25.9 Å². The van der Waals surface area contributed by atoms with Crippen LogP contribution in [0.2, 0.25) is 0 Å². The summed E-state index contributed by atoms with van der Waals surface area (Å²) in [6.45, 7) is 6.18. The van der Waals surface area contributed by atoms with Gasteiger partial charge in [0.1, 0.15) is 5.75 Å². The van der Waals surface area contributed by atoms with Crippen LogP contribution in [0.25, 0.3) is 0 Å². The third kappa shape index (κ3) is 4.34. The fourth-order valence-corrected chi connectivity index (χ4v) is 4.40. The summed E-state index contributed by atoms with van der Waals surface area (Å²) < 4.78 is 13.7. The van der Waals surface area contributed by atoms with E-state index in [0.717, 1.165) is 51.4 Å².